The summed E-state index contributed by atoms with van der Waals surface area (Å²) in [7, 11) is 1.23. The van der Waals surface area contributed by atoms with Gasteiger partial charge in [0.05, 0.1) is 12.8 Å². The van der Waals surface area contributed by atoms with Crippen LogP contribution in [0.5, 0.6) is 0 Å². The highest BCUT2D eigenvalue weighted by atomic mass is 35.5. The molecule has 1 atom stereocenters. The Kier molecular flexibility index (Phi) is 6.35. The molecule has 0 aromatic heterocycles. The van der Waals surface area contributed by atoms with Crippen LogP contribution in [0.4, 0.5) is 0 Å². The zero-order valence-corrected chi connectivity index (χ0v) is 14.2. The van der Waals surface area contributed by atoms with E-state index >= 15 is 0 Å². The second-order valence-corrected chi connectivity index (χ2v) is 5.52. The molecule has 2 aromatic rings. The van der Waals surface area contributed by atoms with E-state index in [1.807, 2.05) is 19.1 Å². The molecule has 24 heavy (non-hydrogen) atoms. The molecule has 0 spiro atoms. The molecule has 5 nitrogen and oxygen atoms in total. The first kappa shape index (κ1) is 18.0. The van der Waals surface area contributed by atoms with Crippen LogP contribution in [0.2, 0.25) is 5.02 Å². The Morgan fingerprint density at radius 3 is 2.54 bits per heavy atom. The van der Waals surface area contributed by atoms with Crippen LogP contribution in [0, 0.1) is 0 Å². The third-order valence-electron chi connectivity index (χ3n) is 3.46. The molecule has 2 rings (SSSR count). The highest BCUT2D eigenvalue weighted by molar-refractivity contribution is 6.30. The van der Waals surface area contributed by atoms with Crippen molar-refractivity contribution < 1.29 is 19.5 Å². The second kappa shape index (κ2) is 8.47. The van der Waals surface area contributed by atoms with Gasteiger partial charge in [-0.25, -0.2) is 4.79 Å². The molecule has 0 saturated carbocycles. The summed E-state index contributed by atoms with van der Waals surface area (Å²) in [5.41, 5.74) is 2.67. The van der Waals surface area contributed by atoms with E-state index in [0.717, 1.165) is 5.56 Å². The summed E-state index contributed by atoms with van der Waals surface area (Å²) in [5, 5.41) is 14.7. The maximum absolute atomic E-state index is 11.5. The lowest BCUT2D eigenvalue weighted by atomic mass is 10.0. The summed E-state index contributed by atoms with van der Waals surface area (Å²) in [6.07, 6.45) is -1.35. The van der Waals surface area contributed by atoms with E-state index in [1.165, 1.54) is 7.11 Å². The Labute approximate surface area is 145 Å². The van der Waals surface area contributed by atoms with Gasteiger partial charge < -0.3 is 14.7 Å². The van der Waals surface area contributed by atoms with Gasteiger partial charge in [-0.2, -0.15) is 0 Å². The number of nitrogens with zero attached hydrogens (tertiary/aromatic N) is 1. The SMILES string of the molecule is COC(=O)C(O)c1ccccc1CON=C(C)c1ccc(Cl)cc1. The third-order valence-corrected chi connectivity index (χ3v) is 3.71. The molecule has 0 saturated heterocycles. The number of aliphatic hydroxyl groups is 1. The van der Waals surface area contributed by atoms with Gasteiger partial charge in [0.25, 0.3) is 0 Å². The largest absolute Gasteiger partial charge is 0.467 e. The quantitative estimate of drug-likeness (QED) is 0.493. The number of esters is 1. The van der Waals surface area contributed by atoms with Crippen molar-refractivity contribution >= 4 is 23.3 Å². The average Bonchev–Trinajstić information content (AvgIpc) is 2.61. The van der Waals surface area contributed by atoms with Crippen LogP contribution in [0.15, 0.2) is 53.7 Å². The monoisotopic (exact) mass is 347 g/mol. The Hall–Kier alpha value is -2.37. The van der Waals surface area contributed by atoms with Crippen LogP contribution in [0.1, 0.15) is 29.7 Å². The lowest BCUT2D eigenvalue weighted by Crippen LogP contribution is -2.15. The first-order chi connectivity index (χ1) is 11.5. The number of halogens is 1. The number of hydrogen-bond donors (Lipinski definition) is 1. The van der Waals surface area contributed by atoms with Crippen LogP contribution >= 0.6 is 11.6 Å². The summed E-state index contributed by atoms with van der Waals surface area (Å²) >= 11 is 5.85. The van der Waals surface area contributed by atoms with Gasteiger partial charge >= 0.3 is 5.97 Å². The van der Waals surface area contributed by atoms with Crippen molar-refractivity contribution in [2.24, 2.45) is 5.16 Å². The van der Waals surface area contributed by atoms with Crippen LogP contribution in [0.25, 0.3) is 0 Å². The van der Waals surface area contributed by atoms with Crippen LogP contribution in [-0.4, -0.2) is 23.9 Å². The number of ether oxygens (including phenoxy) is 1. The lowest BCUT2D eigenvalue weighted by molar-refractivity contribution is -0.150. The van der Waals surface area contributed by atoms with E-state index in [0.29, 0.717) is 21.9 Å². The van der Waals surface area contributed by atoms with Gasteiger partial charge in [-0.3, -0.25) is 0 Å². The van der Waals surface area contributed by atoms with Gasteiger partial charge in [-0.15, -0.1) is 0 Å². The molecule has 0 amide bonds. The molecule has 1 unspecified atom stereocenters. The van der Waals surface area contributed by atoms with E-state index < -0.39 is 12.1 Å². The predicted octanol–water partition coefficient (Wildman–Crippen LogP) is 3.49. The molecule has 0 bridgehead atoms. The topological polar surface area (TPSA) is 68.1 Å². The second-order valence-electron chi connectivity index (χ2n) is 5.08. The lowest BCUT2D eigenvalue weighted by Gasteiger charge is -2.13. The predicted molar refractivity (Wildman–Crippen MR) is 91.9 cm³/mol. The van der Waals surface area contributed by atoms with E-state index in [4.69, 9.17) is 16.4 Å². The normalized spacial score (nSPS) is 12.6. The molecule has 126 valence electrons. The van der Waals surface area contributed by atoms with Gasteiger partial charge in [0.1, 0.15) is 6.61 Å². The number of benzene rings is 2. The Morgan fingerprint density at radius 1 is 1.21 bits per heavy atom. The standard InChI is InChI=1S/C18H18ClNO4/c1-12(13-7-9-15(19)10-8-13)20-24-11-14-5-3-4-6-16(14)17(21)18(22)23-2/h3-10,17,21H,11H2,1-2H3. The van der Waals surface area contributed by atoms with E-state index in [9.17, 15) is 9.90 Å². The first-order valence-electron chi connectivity index (χ1n) is 7.29. The molecule has 0 radical (unpaired) electrons. The minimum Gasteiger partial charge on any atom is -0.467 e. The van der Waals surface area contributed by atoms with Crippen LogP contribution < -0.4 is 0 Å². The minimum absolute atomic E-state index is 0.120. The van der Waals surface area contributed by atoms with Crippen molar-refractivity contribution in [3.8, 4) is 0 Å². The molecule has 0 heterocycles. The van der Waals surface area contributed by atoms with E-state index in [1.54, 1.807) is 36.4 Å². The Balaban J connectivity index is 2.08. The number of oxime groups is 1. The molecular weight excluding hydrogens is 330 g/mol. The average molecular weight is 348 g/mol. The fraction of sp³-hybridized carbons (Fsp3) is 0.222. The highest BCUT2D eigenvalue weighted by Gasteiger charge is 2.20. The highest BCUT2D eigenvalue weighted by Crippen LogP contribution is 2.20. The number of carbonyl (C=O) groups excluding carboxylic acids is 1. The molecule has 1 N–H and O–H groups in total. The molecule has 0 aliphatic carbocycles. The van der Waals surface area contributed by atoms with Crippen molar-refractivity contribution in [1.29, 1.82) is 0 Å². The summed E-state index contributed by atoms with van der Waals surface area (Å²) in [4.78, 5) is 16.9. The number of hydrogen-bond acceptors (Lipinski definition) is 5. The van der Waals surface area contributed by atoms with Crippen molar-refractivity contribution in [3.05, 3.63) is 70.2 Å². The summed E-state index contributed by atoms with van der Waals surface area (Å²) in [6, 6.07) is 14.2. The van der Waals surface area contributed by atoms with Gasteiger partial charge in [0, 0.05) is 5.02 Å². The van der Waals surface area contributed by atoms with E-state index in [-0.39, 0.29) is 6.61 Å². The van der Waals surface area contributed by atoms with E-state index in [2.05, 4.69) is 9.89 Å². The molecule has 2 aromatic carbocycles. The Bertz CT molecular complexity index is 728. The fourth-order valence-corrected chi connectivity index (χ4v) is 2.24. The summed E-state index contributed by atoms with van der Waals surface area (Å²) < 4.78 is 4.56. The fourth-order valence-electron chi connectivity index (χ4n) is 2.11. The minimum atomic E-state index is -1.35. The molecule has 0 aliphatic heterocycles. The van der Waals surface area contributed by atoms with Gasteiger partial charge in [-0.1, -0.05) is 53.2 Å². The Morgan fingerprint density at radius 2 is 1.88 bits per heavy atom. The number of methoxy groups -OCH3 is 1. The van der Waals surface area contributed by atoms with Crippen molar-refractivity contribution in [1.82, 2.24) is 0 Å². The number of rotatable bonds is 6. The summed E-state index contributed by atoms with van der Waals surface area (Å²) in [6.45, 7) is 1.94. The van der Waals surface area contributed by atoms with Crippen LogP contribution in [0.3, 0.4) is 0 Å². The summed E-state index contributed by atoms with van der Waals surface area (Å²) in [5.74, 6) is -0.719. The third kappa shape index (κ3) is 4.57. The van der Waals surface area contributed by atoms with Crippen molar-refractivity contribution in [2.75, 3.05) is 7.11 Å². The molecule has 0 aliphatic rings. The maximum Gasteiger partial charge on any atom is 0.339 e. The number of carbonyl (C=O) groups is 1. The number of aliphatic hydroxyl groups excluding tert-OH is 1. The van der Waals surface area contributed by atoms with Gasteiger partial charge in [-0.05, 0) is 35.7 Å². The van der Waals surface area contributed by atoms with Gasteiger partial charge in [0.15, 0.2) is 6.10 Å². The van der Waals surface area contributed by atoms with Crippen LogP contribution in [-0.2, 0) is 21.0 Å². The smallest absolute Gasteiger partial charge is 0.339 e. The van der Waals surface area contributed by atoms with Crippen molar-refractivity contribution in [3.63, 3.8) is 0 Å². The van der Waals surface area contributed by atoms with Crippen molar-refractivity contribution in [2.45, 2.75) is 19.6 Å². The first-order valence-corrected chi connectivity index (χ1v) is 7.67. The molecule has 0 fully saturated rings. The molecule has 6 heteroatoms. The maximum atomic E-state index is 11.5. The zero-order chi connectivity index (χ0) is 17.5. The van der Waals surface area contributed by atoms with Gasteiger partial charge in [0.2, 0.25) is 0 Å². The zero-order valence-electron chi connectivity index (χ0n) is 13.4. The molecular formula is C18H18ClNO4.